The van der Waals surface area contributed by atoms with E-state index in [1.165, 1.54) is 6.07 Å². The number of benzene rings is 1. The van der Waals surface area contributed by atoms with Gasteiger partial charge in [0.25, 0.3) is 5.91 Å². The van der Waals surface area contributed by atoms with Crippen LogP contribution in [0.25, 0.3) is 0 Å². The van der Waals surface area contributed by atoms with E-state index in [1.54, 1.807) is 11.0 Å². The number of amides is 1. The maximum absolute atomic E-state index is 12.6. The molecule has 1 aromatic rings. The van der Waals surface area contributed by atoms with Crippen LogP contribution < -0.4 is 5.32 Å². The minimum atomic E-state index is -0.680. The minimum absolute atomic E-state index is 0.0261. The molecular weight excluding hydrogens is 414 g/mol. The third kappa shape index (κ3) is 6.84. The molecule has 172 valence electrons. The first-order chi connectivity index (χ1) is 15.5. The molecule has 0 spiro atoms. The lowest BCUT2D eigenvalue weighted by Gasteiger charge is -2.26. The Bertz CT molecular complexity index is 903. The summed E-state index contributed by atoms with van der Waals surface area (Å²) >= 11 is 0. The standard InChI is InChI=1S/C23H29N3O6/c27-19-14-17-13-18(25-32-16-21(29)26-10-8-24-9-11-26)7-5-3-1-2-4-6-12-31-23(30)22(17)20(28)15-19/h2,4-5,7,14-15,24,27-28H,1,3,6,8-13,16H2/b4-2+,7-5+,25-18?. The van der Waals surface area contributed by atoms with Crippen molar-refractivity contribution in [2.24, 2.45) is 5.16 Å². The average Bonchev–Trinajstić information content (AvgIpc) is 2.77. The molecule has 0 radical (unpaired) electrons. The van der Waals surface area contributed by atoms with Crippen LogP contribution in [0.1, 0.15) is 35.2 Å². The quantitative estimate of drug-likeness (QED) is 0.371. The van der Waals surface area contributed by atoms with Crippen molar-refractivity contribution in [3.8, 4) is 11.5 Å². The van der Waals surface area contributed by atoms with Crippen molar-refractivity contribution in [1.29, 1.82) is 0 Å². The number of piperazine rings is 1. The summed E-state index contributed by atoms with van der Waals surface area (Å²) in [7, 11) is 0. The highest BCUT2D eigenvalue weighted by molar-refractivity contribution is 6.00. The molecule has 9 nitrogen and oxygen atoms in total. The van der Waals surface area contributed by atoms with E-state index < -0.39 is 5.97 Å². The van der Waals surface area contributed by atoms with Gasteiger partial charge in [-0.15, -0.1) is 0 Å². The molecule has 1 aromatic carbocycles. The second-order valence-corrected chi connectivity index (χ2v) is 7.54. The van der Waals surface area contributed by atoms with Crippen LogP contribution in [-0.2, 0) is 20.8 Å². The van der Waals surface area contributed by atoms with E-state index in [0.29, 0.717) is 30.8 Å². The van der Waals surface area contributed by atoms with Crippen molar-refractivity contribution in [3.63, 3.8) is 0 Å². The van der Waals surface area contributed by atoms with E-state index >= 15 is 0 Å². The van der Waals surface area contributed by atoms with Crippen LogP contribution in [0.2, 0.25) is 0 Å². The Morgan fingerprint density at radius 2 is 1.88 bits per heavy atom. The molecule has 0 saturated carbocycles. The van der Waals surface area contributed by atoms with Gasteiger partial charge in [-0.3, -0.25) is 4.79 Å². The summed E-state index contributed by atoms with van der Waals surface area (Å²) in [5.41, 5.74) is 0.764. The number of phenols is 2. The summed E-state index contributed by atoms with van der Waals surface area (Å²) < 4.78 is 5.27. The van der Waals surface area contributed by atoms with Gasteiger partial charge in [0.15, 0.2) is 6.61 Å². The molecule has 2 aliphatic heterocycles. The zero-order valence-corrected chi connectivity index (χ0v) is 18.0. The van der Waals surface area contributed by atoms with Crippen molar-refractivity contribution in [2.75, 3.05) is 39.4 Å². The second-order valence-electron chi connectivity index (χ2n) is 7.54. The molecule has 0 unspecified atom stereocenters. The van der Waals surface area contributed by atoms with Crippen molar-refractivity contribution < 1.29 is 29.4 Å². The predicted octanol–water partition coefficient (Wildman–Crippen LogP) is 1.90. The van der Waals surface area contributed by atoms with Gasteiger partial charge in [0, 0.05) is 38.7 Å². The Hall–Kier alpha value is -3.33. The van der Waals surface area contributed by atoms with Gasteiger partial charge in [-0.05, 0) is 37.0 Å². The van der Waals surface area contributed by atoms with Crippen LogP contribution in [-0.4, -0.2) is 72.1 Å². The van der Waals surface area contributed by atoms with Crippen LogP contribution >= 0.6 is 0 Å². The van der Waals surface area contributed by atoms with E-state index in [4.69, 9.17) is 9.57 Å². The van der Waals surface area contributed by atoms with E-state index in [2.05, 4.69) is 10.5 Å². The fourth-order valence-electron chi connectivity index (χ4n) is 3.48. The number of allylic oxidation sites excluding steroid dienone is 3. The van der Waals surface area contributed by atoms with Crippen molar-refractivity contribution in [2.45, 2.75) is 25.7 Å². The minimum Gasteiger partial charge on any atom is -0.508 e. The third-order valence-electron chi connectivity index (χ3n) is 5.09. The van der Waals surface area contributed by atoms with E-state index in [1.807, 2.05) is 18.2 Å². The molecule has 0 aromatic heterocycles. The van der Waals surface area contributed by atoms with Crippen molar-refractivity contribution >= 4 is 17.6 Å². The molecule has 0 aliphatic carbocycles. The molecule has 0 atom stereocenters. The smallest absolute Gasteiger partial charge is 0.342 e. The maximum Gasteiger partial charge on any atom is 0.342 e. The van der Waals surface area contributed by atoms with Gasteiger partial charge in [-0.25, -0.2) is 4.79 Å². The normalized spacial score (nSPS) is 21.2. The fraction of sp³-hybridized carbons (Fsp3) is 0.435. The summed E-state index contributed by atoms with van der Waals surface area (Å²) in [4.78, 5) is 31.9. The SMILES string of the molecule is O=C1OCC/C=C/CC/C=C/C(=NOCC(=O)N2CCNCC2)Cc2cc(O)cc(O)c21. The molecule has 2 aliphatic rings. The second kappa shape index (κ2) is 11.9. The summed E-state index contributed by atoms with van der Waals surface area (Å²) in [5, 5.41) is 27.5. The lowest BCUT2D eigenvalue weighted by Crippen LogP contribution is -2.47. The van der Waals surface area contributed by atoms with Crippen molar-refractivity contribution in [1.82, 2.24) is 10.2 Å². The number of fused-ring (bicyclic) bond motifs is 1. The third-order valence-corrected chi connectivity index (χ3v) is 5.09. The molecule has 3 rings (SSSR count). The lowest BCUT2D eigenvalue weighted by atomic mass is 10.00. The number of hydrogen-bond acceptors (Lipinski definition) is 8. The van der Waals surface area contributed by atoms with Gasteiger partial charge >= 0.3 is 5.97 Å². The maximum atomic E-state index is 12.6. The van der Waals surface area contributed by atoms with E-state index in [9.17, 15) is 19.8 Å². The first-order valence-electron chi connectivity index (χ1n) is 10.8. The van der Waals surface area contributed by atoms with Crippen molar-refractivity contribution in [3.05, 3.63) is 47.6 Å². The zero-order chi connectivity index (χ0) is 22.8. The van der Waals surface area contributed by atoms with Gasteiger partial charge in [-0.2, -0.15) is 0 Å². The molecule has 32 heavy (non-hydrogen) atoms. The number of ether oxygens (including phenoxy) is 1. The molecule has 1 saturated heterocycles. The zero-order valence-electron chi connectivity index (χ0n) is 18.0. The van der Waals surface area contributed by atoms with Gasteiger partial charge < -0.3 is 30.0 Å². The number of rotatable bonds is 3. The van der Waals surface area contributed by atoms with E-state index in [-0.39, 0.29) is 42.6 Å². The van der Waals surface area contributed by atoms with E-state index in [0.717, 1.165) is 32.0 Å². The fourth-order valence-corrected chi connectivity index (χ4v) is 3.48. The number of nitrogens with zero attached hydrogens (tertiary/aromatic N) is 2. The molecular formula is C23H29N3O6. The first-order valence-corrected chi connectivity index (χ1v) is 10.8. The van der Waals surface area contributed by atoms with Crippen LogP contribution in [0.15, 0.2) is 41.6 Å². The molecule has 3 N–H and O–H groups in total. The number of cyclic esters (lactones) is 1. The highest BCUT2D eigenvalue weighted by Crippen LogP contribution is 2.29. The number of aromatic hydroxyl groups is 2. The number of phenolic OH excluding ortho intramolecular Hbond substituents is 2. The van der Waals surface area contributed by atoms with Gasteiger partial charge in [0.05, 0.1) is 12.3 Å². The number of carbonyl (C=O) groups is 2. The van der Waals surface area contributed by atoms with Gasteiger partial charge in [0.2, 0.25) is 0 Å². The summed E-state index contributed by atoms with van der Waals surface area (Å²) in [5.74, 6) is -1.38. The number of hydrogen-bond donors (Lipinski definition) is 3. The van der Waals surface area contributed by atoms with Gasteiger partial charge in [0.1, 0.15) is 17.1 Å². The topological polar surface area (TPSA) is 121 Å². The number of nitrogens with one attached hydrogen (secondary N) is 1. The Labute approximate surface area is 187 Å². The lowest BCUT2D eigenvalue weighted by molar-refractivity contribution is -0.136. The molecule has 0 bridgehead atoms. The summed E-state index contributed by atoms with van der Waals surface area (Å²) in [6.45, 7) is 2.73. The largest absolute Gasteiger partial charge is 0.508 e. The summed E-state index contributed by atoms with van der Waals surface area (Å²) in [6.07, 6.45) is 9.89. The predicted molar refractivity (Wildman–Crippen MR) is 119 cm³/mol. The number of oxime groups is 1. The number of esters is 1. The Kier molecular flexibility index (Phi) is 8.68. The highest BCUT2D eigenvalue weighted by Gasteiger charge is 2.21. The Morgan fingerprint density at radius 1 is 1.12 bits per heavy atom. The first kappa shape index (κ1) is 23.3. The monoisotopic (exact) mass is 443 g/mol. The average molecular weight is 444 g/mol. The molecule has 2 heterocycles. The van der Waals surface area contributed by atoms with Crippen LogP contribution in [0.4, 0.5) is 0 Å². The summed E-state index contributed by atoms with van der Waals surface area (Å²) in [6, 6.07) is 2.48. The van der Waals surface area contributed by atoms with Gasteiger partial charge in [-0.1, -0.05) is 23.4 Å². The number of carbonyl (C=O) groups excluding carboxylic acids is 2. The molecule has 1 amide bonds. The Balaban J connectivity index is 1.80. The van der Waals surface area contributed by atoms with Crippen LogP contribution in [0.3, 0.4) is 0 Å². The highest BCUT2D eigenvalue weighted by atomic mass is 16.6. The Morgan fingerprint density at radius 3 is 2.69 bits per heavy atom. The van der Waals surface area contributed by atoms with Crippen LogP contribution in [0.5, 0.6) is 11.5 Å². The molecule has 9 heteroatoms. The van der Waals surface area contributed by atoms with Crippen LogP contribution in [0, 0.1) is 0 Å². The molecule has 1 fully saturated rings.